The van der Waals surface area contributed by atoms with Crippen LogP contribution in [0.15, 0.2) is 24.3 Å². The monoisotopic (exact) mass is 282 g/mol. The van der Waals surface area contributed by atoms with Gasteiger partial charge in [0.2, 0.25) is 5.91 Å². The highest BCUT2D eigenvalue weighted by Crippen LogP contribution is 2.18. The molecule has 2 amide bonds. The summed E-state index contributed by atoms with van der Waals surface area (Å²) in [5.74, 6) is -0.425. The molecule has 1 aromatic carbocycles. The molecule has 1 fully saturated rings. The minimum absolute atomic E-state index is 0.123. The molecule has 5 nitrogen and oxygen atoms in total. The van der Waals surface area contributed by atoms with E-state index in [0.717, 1.165) is 0 Å². The number of halogens is 1. The first kappa shape index (κ1) is 13.8. The lowest BCUT2D eigenvalue weighted by Crippen LogP contribution is -2.51. The van der Waals surface area contributed by atoms with Crippen LogP contribution >= 0.6 is 11.6 Å². The van der Waals surface area contributed by atoms with Gasteiger partial charge < -0.3 is 14.9 Å². The zero-order valence-electron chi connectivity index (χ0n) is 10.4. The lowest BCUT2D eigenvalue weighted by atomic mass is 10.2. The molecular weight excluding hydrogens is 268 g/mol. The molecule has 2 rings (SSSR count). The normalized spacial score (nSPS) is 15.5. The van der Waals surface area contributed by atoms with Crippen LogP contribution < -0.4 is 0 Å². The summed E-state index contributed by atoms with van der Waals surface area (Å²) < 4.78 is 0. The third-order valence-corrected chi connectivity index (χ3v) is 3.49. The molecule has 0 aliphatic carbocycles. The molecule has 1 aliphatic rings. The molecule has 0 unspecified atom stereocenters. The van der Waals surface area contributed by atoms with Gasteiger partial charge in [-0.1, -0.05) is 23.7 Å². The van der Waals surface area contributed by atoms with Crippen molar-refractivity contribution >= 4 is 23.4 Å². The summed E-state index contributed by atoms with van der Waals surface area (Å²) in [6.07, 6.45) is 0. The second-order valence-corrected chi connectivity index (χ2v) is 4.72. The van der Waals surface area contributed by atoms with E-state index < -0.39 is 6.61 Å². The second kappa shape index (κ2) is 6.04. The standard InChI is InChI=1S/C13H15ClN2O3/c14-11-4-2-1-3-10(11)13(19)16-7-5-15(6-8-16)12(18)9-17/h1-4,17H,5-9H2. The molecule has 0 aromatic heterocycles. The second-order valence-electron chi connectivity index (χ2n) is 4.31. The lowest BCUT2D eigenvalue weighted by Gasteiger charge is -2.34. The Labute approximate surface area is 116 Å². The molecule has 19 heavy (non-hydrogen) atoms. The van der Waals surface area contributed by atoms with Crippen LogP contribution in [0.5, 0.6) is 0 Å². The Morgan fingerprint density at radius 1 is 1.11 bits per heavy atom. The van der Waals surface area contributed by atoms with Crippen molar-refractivity contribution in [3.05, 3.63) is 34.9 Å². The van der Waals surface area contributed by atoms with Crippen molar-refractivity contribution in [2.45, 2.75) is 0 Å². The van der Waals surface area contributed by atoms with Crippen LogP contribution in [0, 0.1) is 0 Å². The summed E-state index contributed by atoms with van der Waals surface area (Å²) >= 11 is 5.99. The number of hydrogen-bond acceptors (Lipinski definition) is 3. The van der Waals surface area contributed by atoms with Crippen LogP contribution in [0.25, 0.3) is 0 Å². The van der Waals surface area contributed by atoms with E-state index in [4.69, 9.17) is 16.7 Å². The summed E-state index contributed by atoms with van der Waals surface area (Å²) in [5, 5.41) is 9.22. The summed E-state index contributed by atoms with van der Waals surface area (Å²) in [6.45, 7) is 1.30. The maximum Gasteiger partial charge on any atom is 0.255 e. The van der Waals surface area contributed by atoms with Crippen molar-refractivity contribution in [2.24, 2.45) is 0 Å². The number of aliphatic hydroxyl groups excluding tert-OH is 1. The van der Waals surface area contributed by atoms with Gasteiger partial charge in [0.1, 0.15) is 6.61 Å². The summed E-state index contributed by atoms with van der Waals surface area (Å²) in [4.78, 5) is 26.8. The first-order valence-corrected chi connectivity index (χ1v) is 6.43. The van der Waals surface area contributed by atoms with Crippen molar-refractivity contribution in [2.75, 3.05) is 32.8 Å². The number of carbonyl (C=O) groups excluding carboxylic acids is 2. The van der Waals surface area contributed by atoms with Gasteiger partial charge >= 0.3 is 0 Å². The van der Waals surface area contributed by atoms with Crippen LogP contribution in [-0.2, 0) is 4.79 Å². The first-order chi connectivity index (χ1) is 9.13. The Bertz CT molecular complexity index is 485. The summed E-state index contributed by atoms with van der Waals surface area (Å²) in [5.41, 5.74) is 0.478. The van der Waals surface area contributed by atoms with E-state index in [1.807, 2.05) is 0 Å². The molecule has 1 saturated heterocycles. The SMILES string of the molecule is O=C(CO)N1CCN(C(=O)c2ccccc2Cl)CC1. The van der Waals surface area contributed by atoms with Crippen molar-refractivity contribution in [1.29, 1.82) is 0 Å². The maximum atomic E-state index is 12.3. The fraction of sp³-hybridized carbons (Fsp3) is 0.385. The van der Waals surface area contributed by atoms with Crippen LogP contribution in [0.3, 0.4) is 0 Å². The van der Waals surface area contributed by atoms with Crippen molar-refractivity contribution in [3.8, 4) is 0 Å². The van der Waals surface area contributed by atoms with E-state index in [2.05, 4.69) is 0 Å². The van der Waals surface area contributed by atoms with Crippen molar-refractivity contribution < 1.29 is 14.7 Å². The lowest BCUT2D eigenvalue weighted by molar-refractivity contribution is -0.135. The molecule has 0 atom stereocenters. The van der Waals surface area contributed by atoms with Crippen LogP contribution in [0.4, 0.5) is 0 Å². The van der Waals surface area contributed by atoms with Crippen LogP contribution in [0.2, 0.25) is 5.02 Å². The topological polar surface area (TPSA) is 60.9 Å². The average Bonchev–Trinajstić information content (AvgIpc) is 2.46. The minimum Gasteiger partial charge on any atom is -0.387 e. The number of hydrogen-bond donors (Lipinski definition) is 1. The summed E-state index contributed by atoms with van der Waals surface area (Å²) in [7, 11) is 0. The van der Waals surface area contributed by atoms with Gasteiger partial charge in [-0.15, -0.1) is 0 Å². The molecule has 0 spiro atoms. The third kappa shape index (κ3) is 3.05. The van der Waals surface area contributed by atoms with E-state index >= 15 is 0 Å². The van der Waals surface area contributed by atoms with Crippen LogP contribution in [0.1, 0.15) is 10.4 Å². The Morgan fingerprint density at radius 2 is 1.68 bits per heavy atom. The highest BCUT2D eigenvalue weighted by molar-refractivity contribution is 6.33. The molecule has 102 valence electrons. The van der Waals surface area contributed by atoms with Gasteiger partial charge in [0.15, 0.2) is 0 Å². The molecule has 0 saturated carbocycles. The first-order valence-electron chi connectivity index (χ1n) is 6.06. The van der Waals surface area contributed by atoms with Crippen molar-refractivity contribution in [1.82, 2.24) is 9.80 Å². The number of piperazine rings is 1. The van der Waals surface area contributed by atoms with Gasteiger partial charge in [-0.3, -0.25) is 9.59 Å². The van der Waals surface area contributed by atoms with Crippen LogP contribution in [-0.4, -0.2) is 59.5 Å². The Morgan fingerprint density at radius 3 is 2.26 bits per heavy atom. The molecule has 1 aromatic rings. The van der Waals surface area contributed by atoms with Crippen molar-refractivity contribution in [3.63, 3.8) is 0 Å². The molecular formula is C13H15ClN2O3. The van der Waals surface area contributed by atoms with Gasteiger partial charge in [0, 0.05) is 26.2 Å². The van der Waals surface area contributed by atoms with E-state index in [0.29, 0.717) is 36.8 Å². The number of benzene rings is 1. The molecule has 1 N–H and O–H groups in total. The van der Waals surface area contributed by atoms with E-state index in [9.17, 15) is 9.59 Å². The fourth-order valence-corrected chi connectivity index (χ4v) is 2.28. The predicted molar refractivity (Wildman–Crippen MR) is 71.0 cm³/mol. The average molecular weight is 283 g/mol. The largest absolute Gasteiger partial charge is 0.387 e. The Hall–Kier alpha value is -1.59. The smallest absolute Gasteiger partial charge is 0.255 e. The number of rotatable bonds is 2. The quantitative estimate of drug-likeness (QED) is 0.865. The minimum atomic E-state index is -0.488. The maximum absolute atomic E-state index is 12.3. The van der Waals surface area contributed by atoms with Gasteiger partial charge in [-0.2, -0.15) is 0 Å². The molecule has 1 aliphatic heterocycles. The Balaban J connectivity index is 2.00. The number of carbonyl (C=O) groups is 2. The number of aliphatic hydroxyl groups is 1. The predicted octanol–water partition coefficient (Wildman–Crippen LogP) is 0.617. The van der Waals surface area contributed by atoms with Gasteiger partial charge in [-0.25, -0.2) is 0 Å². The van der Waals surface area contributed by atoms with Gasteiger partial charge in [0.05, 0.1) is 10.6 Å². The highest BCUT2D eigenvalue weighted by atomic mass is 35.5. The summed E-state index contributed by atoms with van der Waals surface area (Å²) in [6, 6.07) is 6.91. The molecule has 0 radical (unpaired) electrons. The highest BCUT2D eigenvalue weighted by Gasteiger charge is 2.25. The Kier molecular flexibility index (Phi) is 4.39. The van der Waals surface area contributed by atoms with E-state index in [1.54, 1.807) is 34.1 Å². The zero-order valence-corrected chi connectivity index (χ0v) is 11.1. The van der Waals surface area contributed by atoms with E-state index in [-0.39, 0.29) is 11.8 Å². The number of amides is 2. The number of nitrogens with zero attached hydrogens (tertiary/aromatic N) is 2. The molecule has 0 bridgehead atoms. The van der Waals surface area contributed by atoms with E-state index in [1.165, 1.54) is 0 Å². The molecule has 6 heteroatoms. The van der Waals surface area contributed by atoms with Gasteiger partial charge in [-0.05, 0) is 12.1 Å². The third-order valence-electron chi connectivity index (χ3n) is 3.16. The zero-order chi connectivity index (χ0) is 13.8. The molecule has 1 heterocycles. The van der Waals surface area contributed by atoms with Gasteiger partial charge in [0.25, 0.3) is 5.91 Å². The fourth-order valence-electron chi connectivity index (χ4n) is 2.06.